The van der Waals surface area contributed by atoms with Gasteiger partial charge in [-0.2, -0.15) is 0 Å². The second kappa shape index (κ2) is 11.0. The fourth-order valence-electron chi connectivity index (χ4n) is 7.97. The third kappa shape index (κ3) is 4.42. The topological polar surface area (TPSA) is 18.1 Å². The summed E-state index contributed by atoms with van der Waals surface area (Å²) in [6.45, 7) is 0. The Morgan fingerprint density at radius 2 is 0.980 bits per heavy atom. The summed E-state index contributed by atoms with van der Waals surface area (Å²) in [6, 6.07) is 63.8. The van der Waals surface area contributed by atoms with Crippen LogP contribution in [0.5, 0.6) is 0 Å². The van der Waals surface area contributed by atoms with Crippen molar-refractivity contribution >= 4 is 75.3 Å². The minimum absolute atomic E-state index is 0.914. The van der Waals surface area contributed by atoms with Crippen molar-refractivity contribution in [3.05, 3.63) is 176 Å². The highest BCUT2D eigenvalue weighted by atomic mass is 32.1. The fraction of sp³-hybridized carbons (Fsp3) is 0. The number of hydrogen-bond acceptors (Lipinski definition) is 2. The monoisotopic (exact) mass is 667 g/mol. The summed E-state index contributed by atoms with van der Waals surface area (Å²) in [5, 5.41) is 7.35. The standard InChI is InChI=1S/C48H29NOS/c1-2-10-30(11-3-1)31-18-20-32(21-19-31)33-22-24-44-40(26-33)36-12-4-7-15-43(36)49(44)35-28-39(48-42(29-35)38-14-6-9-17-47(38)51-48)34-23-25-46-41(27-34)37-13-5-8-16-45(37)50-46/h1-29H. The second-order valence-corrected chi connectivity index (χ2v) is 14.4. The van der Waals surface area contributed by atoms with E-state index < -0.39 is 0 Å². The molecule has 0 amide bonds. The number of thiophene rings is 1. The summed E-state index contributed by atoms with van der Waals surface area (Å²) >= 11 is 1.87. The number of benzene rings is 8. The molecule has 2 nitrogen and oxygen atoms in total. The summed E-state index contributed by atoms with van der Waals surface area (Å²) in [4.78, 5) is 0. The first kappa shape index (κ1) is 28.4. The van der Waals surface area contributed by atoms with E-state index in [2.05, 4.69) is 168 Å². The van der Waals surface area contributed by atoms with Gasteiger partial charge in [-0.15, -0.1) is 11.3 Å². The van der Waals surface area contributed by atoms with Crippen molar-refractivity contribution in [3.63, 3.8) is 0 Å². The van der Waals surface area contributed by atoms with Gasteiger partial charge in [-0.1, -0.05) is 121 Å². The zero-order chi connectivity index (χ0) is 33.5. The summed E-state index contributed by atoms with van der Waals surface area (Å²) in [6.07, 6.45) is 0. The quantitative estimate of drug-likeness (QED) is 0.183. The van der Waals surface area contributed by atoms with Crippen LogP contribution in [-0.4, -0.2) is 4.57 Å². The van der Waals surface area contributed by atoms with E-state index in [1.165, 1.54) is 75.4 Å². The molecule has 8 aromatic carbocycles. The van der Waals surface area contributed by atoms with Gasteiger partial charge in [-0.3, -0.25) is 0 Å². The molecule has 3 heterocycles. The average Bonchev–Trinajstić information content (AvgIpc) is 3.87. The highest BCUT2D eigenvalue weighted by molar-refractivity contribution is 7.26. The van der Waals surface area contributed by atoms with E-state index in [0.717, 1.165) is 27.6 Å². The zero-order valence-electron chi connectivity index (χ0n) is 27.5. The summed E-state index contributed by atoms with van der Waals surface area (Å²) in [5.74, 6) is 0. The third-order valence-electron chi connectivity index (χ3n) is 10.4. The molecule has 3 heteroatoms. The lowest BCUT2D eigenvalue weighted by atomic mass is 9.99. The van der Waals surface area contributed by atoms with Crippen LogP contribution >= 0.6 is 11.3 Å². The lowest BCUT2D eigenvalue weighted by Crippen LogP contribution is -1.95. The first-order chi connectivity index (χ1) is 25.3. The van der Waals surface area contributed by atoms with E-state index in [1.54, 1.807) is 0 Å². The van der Waals surface area contributed by atoms with Gasteiger partial charge >= 0.3 is 0 Å². The number of nitrogens with zero attached hydrogens (tertiary/aromatic N) is 1. The fourth-order valence-corrected chi connectivity index (χ4v) is 9.19. The number of aromatic nitrogens is 1. The minimum atomic E-state index is 0.914. The maximum Gasteiger partial charge on any atom is 0.135 e. The molecular formula is C48H29NOS. The molecule has 51 heavy (non-hydrogen) atoms. The van der Waals surface area contributed by atoms with Crippen molar-refractivity contribution in [2.24, 2.45) is 0 Å². The van der Waals surface area contributed by atoms with E-state index >= 15 is 0 Å². The molecule has 0 atom stereocenters. The van der Waals surface area contributed by atoms with Crippen molar-refractivity contribution in [1.82, 2.24) is 4.57 Å². The van der Waals surface area contributed by atoms with E-state index in [4.69, 9.17) is 4.42 Å². The van der Waals surface area contributed by atoms with Gasteiger partial charge in [0, 0.05) is 53.0 Å². The van der Waals surface area contributed by atoms with Crippen LogP contribution in [0.4, 0.5) is 0 Å². The molecule has 11 aromatic rings. The highest BCUT2D eigenvalue weighted by Crippen LogP contribution is 2.44. The molecule has 0 saturated carbocycles. The Hall–Kier alpha value is -6.42. The van der Waals surface area contributed by atoms with Gasteiger partial charge in [-0.25, -0.2) is 0 Å². The van der Waals surface area contributed by atoms with Crippen molar-refractivity contribution in [3.8, 4) is 39.1 Å². The highest BCUT2D eigenvalue weighted by Gasteiger charge is 2.19. The Morgan fingerprint density at radius 3 is 1.84 bits per heavy atom. The van der Waals surface area contributed by atoms with Crippen LogP contribution in [0.15, 0.2) is 180 Å². The van der Waals surface area contributed by atoms with E-state index in [-0.39, 0.29) is 0 Å². The molecule has 0 aliphatic heterocycles. The Bertz CT molecular complexity index is 3120. The minimum Gasteiger partial charge on any atom is -0.456 e. The van der Waals surface area contributed by atoms with Gasteiger partial charge in [0.1, 0.15) is 11.2 Å². The molecule has 0 N–H and O–H groups in total. The van der Waals surface area contributed by atoms with Gasteiger partial charge in [0.05, 0.1) is 11.0 Å². The summed E-state index contributed by atoms with van der Waals surface area (Å²) in [5.41, 5.74) is 12.7. The maximum atomic E-state index is 6.22. The SMILES string of the molecule is c1ccc(-c2ccc(-c3ccc4c(c3)c3ccccc3n4-c3cc(-c4ccc5oc6ccccc6c5c4)c4sc5ccccc5c4c3)cc2)cc1. The van der Waals surface area contributed by atoms with Gasteiger partial charge < -0.3 is 8.98 Å². The van der Waals surface area contributed by atoms with Crippen molar-refractivity contribution in [2.45, 2.75) is 0 Å². The van der Waals surface area contributed by atoms with Crippen LogP contribution in [0.25, 0.3) is 103 Å². The third-order valence-corrected chi connectivity index (χ3v) is 11.6. The largest absolute Gasteiger partial charge is 0.456 e. The predicted molar refractivity (Wildman–Crippen MR) is 217 cm³/mol. The molecule has 3 aromatic heterocycles. The Morgan fingerprint density at radius 1 is 0.373 bits per heavy atom. The molecule has 0 bridgehead atoms. The van der Waals surface area contributed by atoms with Crippen LogP contribution in [0.3, 0.4) is 0 Å². The van der Waals surface area contributed by atoms with Crippen molar-refractivity contribution in [2.75, 3.05) is 0 Å². The maximum absolute atomic E-state index is 6.22. The smallest absolute Gasteiger partial charge is 0.135 e. The van der Waals surface area contributed by atoms with Crippen molar-refractivity contribution < 1.29 is 4.42 Å². The molecule has 0 spiro atoms. The molecule has 0 aliphatic carbocycles. The van der Waals surface area contributed by atoms with Crippen LogP contribution < -0.4 is 0 Å². The lowest BCUT2D eigenvalue weighted by Gasteiger charge is -2.13. The Labute approximate surface area is 298 Å². The van der Waals surface area contributed by atoms with E-state index in [1.807, 2.05) is 23.5 Å². The summed E-state index contributed by atoms with van der Waals surface area (Å²) in [7, 11) is 0. The molecule has 0 unspecified atom stereocenters. The number of rotatable bonds is 4. The normalized spacial score (nSPS) is 11.9. The molecule has 0 saturated heterocycles. The molecule has 0 fully saturated rings. The first-order valence-electron chi connectivity index (χ1n) is 17.3. The number of hydrogen-bond donors (Lipinski definition) is 0. The van der Waals surface area contributed by atoms with Crippen molar-refractivity contribution in [1.29, 1.82) is 0 Å². The first-order valence-corrected chi connectivity index (χ1v) is 18.1. The summed E-state index contributed by atoms with van der Waals surface area (Å²) < 4.78 is 11.3. The van der Waals surface area contributed by atoms with Crippen LogP contribution in [0.2, 0.25) is 0 Å². The van der Waals surface area contributed by atoms with Gasteiger partial charge in [0.25, 0.3) is 0 Å². The van der Waals surface area contributed by atoms with Crippen LogP contribution in [0.1, 0.15) is 0 Å². The average molecular weight is 668 g/mol. The Balaban J connectivity index is 1.13. The van der Waals surface area contributed by atoms with Gasteiger partial charge in [-0.05, 0) is 82.4 Å². The molecular weight excluding hydrogens is 639 g/mol. The molecule has 0 aliphatic rings. The molecule has 238 valence electrons. The zero-order valence-corrected chi connectivity index (χ0v) is 28.3. The molecule has 0 radical (unpaired) electrons. The van der Waals surface area contributed by atoms with Crippen LogP contribution in [-0.2, 0) is 0 Å². The van der Waals surface area contributed by atoms with Crippen LogP contribution in [0, 0.1) is 0 Å². The van der Waals surface area contributed by atoms with Gasteiger partial charge in [0.2, 0.25) is 0 Å². The number of para-hydroxylation sites is 2. The number of fused-ring (bicyclic) bond motifs is 9. The lowest BCUT2D eigenvalue weighted by molar-refractivity contribution is 0.669. The molecule has 11 rings (SSSR count). The number of furan rings is 1. The van der Waals surface area contributed by atoms with Gasteiger partial charge in [0.15, 0.2) is 0 Å². The predicted octanol–water partition coefficient (Wildman–Crippen LogP) is 14.1. The van der Waals surface area contributed by atoms with E-state index in [9.17, 15) is 0 Å². The van der Waals surface area contributed by atoms with E-state index in [0.29, 0.717) is 0 Å². The second-order valence-electron chi connectivity index (χ2n) is 13.3. The Kier molecular flexibility index (Phi) is 6.16.